The summed E-state index contributed by atoms with van der Waals surface area (Å²) in [5.74, 6) is -0.242. The summed E-state index contributed by atoms with van der Waals surface area (Å²) in [6, 6.07) is 14.4. The Bertz CT molecular complexity index is 704. The number of hydrogen-bond acceptors (Lipinski definition) is 3. The van der Waals surface area contributed by atoms with Crippen LogP contribution in [0.15, 0.2) is 53.4 Å². The molecule has 0 bridgehead atoms. The van der Waals surface area contributed by atoms with E-state index in [0.29, 0.717) is 16.4 Å². The number of thioether (sulfide) groups is 1. The number of rotatable bonds is 5. The van der Waals surface area contributed by atoms with Crippen LogP contribution >= 0.6 is 23.4 Å². The van der Waals surface area contributed by atoms with Gasteiger partial charge in [0.05, 0.1) is 10.3 Å². The lowest BCUT2D eigenvalue weighted by molar-refractivity contribution is -0.115. The fraction of sp³-hybridized carbons (Fsp3) is 0.176. The second-order valence-electron chi connectivity index (χ2n) is 4.94. The van der Waals surface area contributed by atoms with E-state index in [9.17, 15) is 9.59 Å². The molecule has 0 aliphatic carbocycles. The van der Waals surface area contributed by atoms with Crippen molar-refractivity contribution in [2.45, 2.75) is 24.0 Å². The first-order chi connectivity index (χ1) is 11.0. The van der Waals surface area contributed by atoms with Crippen LogP contribution in [0.4, 0.5) is 11.4 Å². The molecule has 1 atom stereocenters. The number of carbonyl (C=O) groups is 2. The summed E-state index contributed by atoms with van der Waals surface area (Å²) in [4.78, 5) is 24.1. The summed E-state index contributed by atoms with van der Waals surface area (Å²) in [6.07, 6.45) is 0. The second kappa shape index (κ2) is 8.04. The van der Waals surface area contributed by atoms with E-state index in [-0.39, 0.29) is 17.1 Å². The van der Waals surface area contributed by atoms with Gasteiger partial charge in [-0.3, -0.25) is 9.59 Å². The number of amides is 2. The molecule has 2 aromatic carbocycles. The topological polar surface area (TPSA) is 58.2 Å². The van der Waals surface area contributed by atoms with Crippen molar-refractivity contribution < 1.29 is 9.59 Å². The SMILES string of the molecule is CC(=O)Nc1ccc(NC(=O)C(C)Sc2ccccc2Cl)cc1. The van der Waals surface area contributed by atoms with Crippen LogP contribution in [0.3, 0.4) is 0 Å². The standard InChI is InChI=1S/C17H17ClN2O2S/c1-11(23-16-6-4-3-5-15(16)18)17(22)20-14-9-7-13(8-10-14)19-12(2)21/h3-11H,1-2H3,(H,19,21)(H,20,22). The molecule has 6 heteroatoms. The molecule has 2 amide bonds. The van der Waals surface area contributed by atoms with Gasteiger partial charge in [0.15, 0.2) is 0 Å². The van der Waals surface area contributed by atoms with Gasteiger partial charge >= 0.3 is 0 Å². The maximum absolute atomic E-state index is 12.2. The molecule has 2 aromatic rings. The summed E-state index contributed by atoms with van der Waals surface area (Å²) in [5, 5.41) is 5.87. The van der Waals surface area contributed by atoms with Crippen molar-refractivity contribution in [2.75, 3.05) is 10.6 Å². The van der Waals surface area contributed by atoms with Crippen molar-refractivity contribution in [3.8, 4) is 0 Å². The molecule has 0 saturated heterocycles. The second-order valence-corrected chi connectivity index (χ2v) is 6.73. The number of benzene rings is 2. The highest BCUT2D eigenvalue weighted by Crippen LogP contribution is 2.30. The maximum atomic E-state index is 12.2. The lowest BCUT2D eigenvalue weighted by Crippen LogP contribution is -2.22. The van der Waals surface area contributed by atoms with Crippen molar-refractivity contribution in [3.05, 3.63) is 53.6 Å². The first-order valence-electron chi connectivity index (χ1n) is 7.05. The van der Waals surface area contributed by atoms with Gasteiger partial charge in [0.25, 0.3) is 0 Å². The third-order valence-corrected chi connectivity index (χ3v) is 4.60. The average Bonchev–Trinajstić information content (AvgIpc) is 2.51. The highest BCUT2D eigenvalue weighted by atomic mass is 35.5. The normalized spacial score (nSPS) is 11.6. The molecule has 2 rings (SSSR count). The summed E-state index contributed by atoms with van der Waals surface area (Å²) < 4.78 is 0. The zero-order chi connectivity index (χ0) is 16.8. The van der Waals surface area contributed by atoms with E-state index in [2.05, 4.69) is 10.6 Å². The van der Waals surface area contributed by atoms with Gasteiger partial charge in [-0.15, -0.1) is 11.8 Å². The van der Waals surface area contributed by atoms with Crippen LogP contribution in [0.25, 0.3) is 0 Å². The Morgan fingerprint density at radius 1 is 1.00 bits per heavy atom. The minimum absolute atomic E-state index is 0.109. The molecular formula is C17H17ClN2O2S. The van der Waals surface area contributed by atoms with Gasteiger partial charge < -0.3 is 10.6 Å². The van der Waals surface area contributed by atoms with Crippen LogP contribution in [0.5, 0.6) is 0 Å². The highest BCUT2D eigenvalue weighted by molar-refractivity contribution is 8.00. The molecular weight excluding hydrogens is 332 g/mol. The smallest absolute Gasteiger partial charge is 0.237 e. The fourth-order valence-electron chi connectivity index (χ4n) is 1.87. The number of halogens is 1. The fourth-order valence-corrected chi connectivity index (χ4v) is 3.02. The van der Waals surface area contributed by atoms with Gasteiger partial charge in [-0.2, -0.15) is 0 Å². The highest BCUT2D eigenvalue weighted by Gasteiger charge is 2.15. The maximum Gasteiger partial charge on any atom is 0.237 e. The zero-order valence-electron chi connectivity index (χ0n) is 12.8. The predicted octanol–water partition coefficient (Wildman–Crippen LogP) is 4.42. The molecule has 0 saturated carbocycles. The molecule has 23 heavy (non-hydrogen) atoms. The van der Waals surface area contributed by atoms with E-state index in [1.807, 2.05) is 25.1 Å². The third-order valence-electron chi connectivity index (χ3n) is 2.98. The predicted molar refractivity (Wildman–Crippen MR) is 96.1 cm³/mol. The molecule has 1 unspecified atom stereocenters. The Morgan fingerprint density at radius 2 is 1.57 bits per heavy atom. The van der Waals surface area contributed by atoms with Crippen LogP contribution in [-0.2, 0) is 9.59 Å². The Balaban J connectivity index is 1.95. The number of hydrogen-bond donors (Lipinski definition) is 2. The van der Waals surface area contributed by atoms with E-state index >= 15 is 0 Å². The minimum Gasteiger partial charge on any atom is -0.326 e. The molecule has 0 radical (unpaired) electrons. The van der Waals surface area contributed by atoms with Crippen molar-refractivity contribution >= 4 is 46.6 Å². The largest absolute Gasteiger partial charge is 0.326 e. The van der Waals surface area contributed by atoms with Crippen molar-refractivity contribution in [3.63, 3.8) is 0 Å². The number of nitrogens with one attached hydrogen (secondary N) is 2. The molecule has 120 valence electrons. The van der Waals surface area contributed by atoms with Crippen LogP contribution < -0.4 is 10.6 Å². The molecule has 0 fully saturated rings. The monoisotopic (exact) mass is 348 g/mol. The van der Waals surface area contributed by atoms with Crippen molar-refractivity contribution in [2.24, 2.45) is 0 Å². The van der Waals surface area contributed by atoms with Crippen LogP contribution in [0, 0.1) is 0 Å². The Morgan fingerprint density at radius 3 is 2.13 bits per heavy atom. The van der Waals surface area contributed by atoms with Crippen LogP contribution in [0.1, 0.15) is 13.8 Å². The van der Waals surface area contributed by atoms with Crippen LogP contribution in [-0.4, -0.2) is 17.1 Å². The first kappa shape index (κ1) is 17.4. The Labute approximate surface area is 144 Å². The van der Waals surface area contributed by atoms with Gasteiger partial charge in [-0.1, -0.05) is 23.7 Å². The van der Waals surface area contributed by atoms with Gasteiger partial charge in [-0.25, -0.2) is 0 Å². The molecule has 0 spiro atoms. The molecule has 0 aliphatic heterocycles. The molecule has 0 aromatic heterocycles. The van der Waals surface area contributed by atoms with E-state index in [1.54, 1.807) is 30.3 Å². The third kappa shape index (κ3) is 5.30. The summed E-state index contributed by atoms with van der Waals surface area (Å²) in [7, 11) is 0. The lowest BCUT2D eigenvalue weighted by atomic mass is 10.2. The van der Waals surface area contributed by atoms with E-state index < -0.39 is 0 Å². The first-order valence-corrected chi connectivity index (χ1v) is 8.31. The average molecular weight is 349 g/mol. The Hall–Kier alpha value is -1.98. The van der Waals surface area contributed by atoms with Crippen molar-refractivity contribution in [1.29, 1.82) is 0 Å². The molecule has 0 heterocycles. The lowest BCUT2D eigenvalue weighted by Gasteiger charge is -2.13. The van der Waals surface area contributed by atoms with Gasteiger partial charge in [0, 0.05) is 23.2 Å². The number of anilines is 2. The summed E-state index contributed by atoms with van der Waals surface area (Å²) in [5.41, 5.74) is 1.37. The molecule has 4 nitrogen and oxygen atoms in total. The van der Waals surface area contributed by atoms with Crippen LogP contribution in [0.2, 0.25) is 5.02 Å². The molecule has 0 aliphatic rings. The number of carbonyl (C=O) groups excluding carboxylic acids is 2. The minimum atomic E-state index is -0.287. The van der Waals surface area contributed by atoms with E-state index in [0.717, 1.165) is 4.90 Å². The quantitative estimate of drug-likeness (QED) is 0.786. The summed E-state index contributed by atoms with van der Waals surface area (Å²) in [6.45, 7) is 3.28. The molecule has 2 N–H and O–H groups in total. The van der Waals surface area contributed by atoms with E-state index in [4.69, 9.17) is 11.6 Å². The zero-order valence-corrected chi connectivity index (χ0v) is 14.4. The van der Waals surface area contributed by atoms with Gasteiger partial charge in [0.1, 0.15) is 0 Å². The van der Waals surface area contributed by atoms with Gasteiger partial charge in [-0.05, 0) is 43.3 Å². The van der Waals surface area contributed by atoms with Gasteiger partial charge in [0.2, 0.25) is 11.8 Å². The summed E-state index contributed by atoms with van der Waals surface area (Å²) >= 11 is 7.51. The van der Waals surface area contributed by atoms with E-state index in [1.165, 1.54) is 18.7 Å². The Kier molecular flexibility index (Phi) is 6.07. The van der Waals surface area contributed by atoms with Crippen molar-refractivity contribution in [1.82, 2.24) is 0 Å².